The molecule has 1 aliphatic heterocycles. The van der Waals surface area contributed by atoms with Gasteiger partial charge in [-0.25, -0.2) is 0 Å². The number of aromatic hydroxyl groups is 2. The second-order valence-electron chi connectivity index (χ2n) is 5.86. The molecule has 2 aromatic carbocycles. The van der Waals surface area contributed by atoms with Crippen LogP contribution >= 0.6 is 0 Å². The molecule has 6 nitrogen and oxygen atoms in total. The monoisotopic (exact) mass is 341 g/mol. The maximum Gasteiger partial charge on any atom is 0.254 e. The van der Waals surface area contributed by atoms with Crippen LogP contribution in [-0.2, 0) is 11.2 Å². The number of nitrogens with zero attached hydrogens (tertiary/aromatic N) is 1. The first-order valence-electron chi connectivity index (χ1n) is 8.06. The maximum absolute atomic E-state index is 12.7. The molecule has 1 aliphatic rings. The normalized spacial score (nSPS) is 14.3. The van der Waals surface area contributed by atoms with Gasteiger partial charge in [0.1, 0.15) is 11.5 Å². The second kappa shape index (κ2) is 7.36. The molecular weight excluding hydrogens is 322 g/mol. The zero-order chi connectivity index (χ0) is 17.8. The fourth-order valence-electron chi connectivity index (χ4n) is 2.84. The summed E-state index contributed by atoms with van der Waals surface area (Å²) in [6.45, 7) is 2.07. The number of hydrogen-bond acceptors (Lipinski definition) is 5. The van der Waals surface area contributed by atoms with Crippen LogP contribution in [0.25, 0.3) is 0 Å². The molecule has 1 heterocycles. The summed E-state index contributed by atoms with van der Waals surface area (Å²) in [4.78, 5) is 27.0. The number of carbonyl (C=O) groups excluding carboxylic acids is 2. The van der Waals surface area contributed by atoms with Gasteiger partial charge in [0.25, 0.3) is 5.91 Å². The summed E-state index contributed by atoms with van der Waals surface area (Å²) in [6, 6.07) is 10.8. The standard InChI is InChI=1S/C19H19NO5/c21-14-5-6-16(18(23)12-14)17(22)11-13-3-1-2-4-15(13)19(24)20-7-9-25-10-8-20/h1-6,12,21,23H,7-11H2. The van der Waals surface area contributed by atoms with Gasteiger partial charge in [-0.15, -0.1) is 0 Å². The molecule has 1 fully saturated rings. The van der Waals surface area contributed by atoms with Gasteiger partial charge < -0.3 is 19.8 Å². The van der Waals surface area contributed by atoms with Gasteiger partial charge in [0.05, 0.1) is 18.8 Å². The summed E-state index contributed by atoms with van der Waals surface area (Å²) < 4.78 is 5.26. The van der Waals surface area contributed by atoms with Crippen LogP contribution in [0, 0.1) is 0 Å². The number of phenolic OH excluding ortho intramolecular Hbond substituents is 2. The third kappa shape index (κ3) is 3.80. The van der Waals surface area contributed by atoms with E-state index in [1.807, 2.05) is 0 Å². The summed E-state index contributed by atoms with van der Waals surface area (Å²) in [5.74, 6) is -0.833. The van der Waals surface area contributed by atoms with Crippen molar-refractivity contribution < 1.29 is 24.5 Å². The lowest BCUT2D eigenvalue weighted by Crippen LogP contribution is -2.41. The van der Waals surface area contributed by atoms with Crippen molar-refractivity contribution in [2.45, 2.75) is 6.42 Å². The number of ketones is 1. The molecule has 0 bridgehead atoms. The first-order chi connectivity index (χ1) is 12.1. The average Bonchev–Trinajstić information content (AvgIpc) is 2.62. The number of phenols is 2. The molecule has 1 saturated heterocycles. The molecule has 0 radical (unpaired) electrons. The number of Topliss-reactive ketones (excluding diaryl/α,β-unsaturated/α-hetero) is 1. The van der Waals surface area contributed by atoms with Gasteiger partial charge >= 0.3 is 0 Å². The van der Waals surface area contributed by atoms with E-state index in [0.29, 0.717) is 37.4 Å². The van der Waals surface area contributed by atoms with Crippen LogP contribution in [0.1, 0.15) is 26.3 Å². The highest BCUT2D eigenvalue weighted by Gasteiger charge is 2.22. The number of carbonyl (C=O) groups is 2. The first kappa shape index (κ1) is 17.0. The Balaban J connectivity index is 1.83. The number of ether oxygens (including phenoxy) is 1. The maximum atomic E-state index is 12.7. The van der Waals surface area contributed by atoms with E-state index < -0.39 is 0 Å². The Hall–Kier alpha value is -2.86. The lowest BCUT2D eigenvalue weighted by atomic mass is 9.97. The molecule has 0 saturated carbocycles. The quantitative estimate of drug-likeness (QED) is 0.831. The molecule has 2 N–H and O–H groups in total. The van der Waals surface area contributed by atoms with Gasteiger partial charge in [-0.2, -0.15) is 0 Å². The largest absolute Gasteiger partial charge is 0.508 e. The third-order valence-corrected chi connectivity index (χ3v) is 4.18. The summed E-state index contributed by atoms with van der Waals surface area (Å²) in [5.41, 5.74) is 1.21. The van der Waals surface area contributed by atoms with E-state index in [9.17, 15) is 19.8 Å². The van der Waals surface area contributed by atoms with Crippen LogP contribution < -0.4 is 0 Å². The zero-order valence-corrected chi connectivity index (χ0v) is 13.6. The third-order valence-electron chi connectivity index (χ3n) is 4.18. The molecule has 0 spiro atoms. The van der Waals surface area contributed by atoms with Crippen molar-refractivity contribution in [3.8, 4) is 11.5 Å². The van der Waals surface area contributed by atoms with Crippen LogP contribution in [0.2, 0.25) is 0 Å². The second-order valence-corrected chi connectivity index (χ2v) is 5.86. The van der Waals surface area contributed by atoms with E-state index >= 15 is 0 Å². The zero-order valence-electron chi connectivity index (χ0n) is 13.6. The number of rotatable bonds is 4. The first-order valence-corrected chi connectivity index (χ1v) is 8.06. The molecule has 3 rings (SSSR count). The Kier molecular flexibility index (Phi) is 5.00. The van der Waals surface area contributed by atoms with Crippen molar-refractivity contribution in [3.63, 3.8) is 0 Å². The number of benzene rings is 2. The SMILES string of the molecule is O=C(Cc1ccccc1C(=O)N1CCOCC1)c1ccc(O)cc1O. The molecule has 2 aromatic rings. The Morgan fingerprint density at radius 1 is 1.00 bits per heavy atom. The van der Waals surface area contributed by atoms with E-state index in [1.165, 1.54) is 12.1 Å². The van der Waals surface area contributed by atoms with Gasteiger partial charge in [0, 0.05) is 31.1 Å². The fraction of sp³-hybridized carbons (Fsp3) is 0.263. The molecule has 0 unspecified atom stereocenters. The molecule has 1 amide bonds. The van der Waals surface area contributed by atoms with E-state index in [4.69, 9.17) is 4.74 Å². The van der Waals surface area contributed by atoms with Crippen LogP contribution in [0.3, 0.4) is 0 Å². The predicted octanol–water partition coefficient (Wildman–Crippen LogP) is 2.00. The van der Waals surface area contributed by atoms with Crippen molar-refractivity contribution in [2.24, 2.45) is 0 Å². The fourth-order valence-corrected chi connectivity index (χ4v) is 2.84. The molecule has 130 valence electrons. The van der Waals surface area contributed by atoms with E-state index in [0.717, 1.165) is 6.07 Å². The Labute approximate surface area is 145 Å². The summed E-state index contributed by atoms with van der Waals surface area (Å²) in [5, 5.41) is 19.2. The molecule has 0 atom stereocenters. The smallest absolute Gasteiger partial charge is 0.254 e. The minimum atomic E-state index is -0.320. The summed E-state index contributed by atoms with van der Waals surface area (Å²) in [6.07, 6.45) is -0.00934. The molecule has 0 aliphatic carbocycles. The van der Waals surface area contributed by atoms with Gasteiger partial charge in [-0.1, -0.05) is 18.2 Å². The van der Waals surface area contributed by atoms with E-state index in [-0.39, 0.29) is 35.2 Å². The lowest BCUT2D eigenvalue weighted by Gasteiger charge is -2.27. The van der Waals surface area contributed by atoms with Crippen LogP contribution in [0.4, 0.5) is 0 Å². The topological polar surface area (TPSA) is 87.1 Å². The molecule has 6 heteroatoms. The van der Waals surface area contributed by atoms with Gasteiger partial charge in [0.2, 0.25) is 0 Å². The van der Waals surface area contributed by atoms with E-state index in [1.54, 1.807) is 29.2 Å². The van der Waals surface area contributed by atoms with Crippen LogP contribution in [-0.4, -0.2) is 53.1 Å². The van der Waals surface area contributed by atoms with E-state index in [2.05, 4.69) is 0 Å². The minimum absolute atomic E-state index is 0.00934. The molecule has 25 heavy (non-hydrogen) atoms. The minimum Gasteiger partial charge on any atom is -0.508 e. The number of morpholine rings is 1. The van der Waals surface area contributed by atoms with Gasteiger partial charge in [-0.05, 0) is 23.8 Å². The van der Waals surface area contributed by atoms with Crippen molar-refractivity contribution in [3.05, 3.63) is 59.2 Å². The Morgan fingerprint density at radius 2 is 1.72 bits per heavy atom. The highest BCUT2D eigenvalue weighted by Crippen LogP contribution is 2.24. The average molecular weight is 341 g/mol. The Bertz CT molecular complexity index is 796. The number of hydrogen-bond donors (Lipinski definition) is 2. The summed E-state index contributed by atoms with van der Waals surface area (Å²) >= 11 is 0. The van der Waals surface area contributed by atoms with Gasteiger partial charge in [0.15, 0.2) is 5.78 Å². The Morgan fingerprint density at radius 3 is 2.44 bits per heavy atom. The number of amides is 1. The van der Waals surface area contributed by atoms with Crippen LogP contribution in [0.5, 0.6) is 11.5 Å². The van der Waals surface area contributed by atoms with Crippen molar-refractivity contribution in [2.75, 3.05) is 26.3 Å². The summed E-state index contributed by atoms with van der Waals surface area (Å²) in [7, 11) is 0. The predicted molar refractivity (Wildman–Crippen MR) is 91.0 cm³/mol. The van der Waals surface area contributed by atoms with Crippen molar-refractivity contribution in [1.82, 2.24) is 4.90 Å². The molecule has 0 aromatic heterocycles. The van der Waals surface area contributed by atoms with Crippen molar-refractivity contribution >= 4 is 11.7 Å². The van der Waals surface area contributed by atoms with Crippen molar-refractivity contribution in [1.29, 1.82) is 0 Å². The molecular formula is C19H19NO5. The highest BCUT2D eigenvalue weighted by molar-refractivity contribution is 6.02. The highest BCUT2D eigenvalue weighted by atomic mass is 16.5. The van der Waals surface area contributed by atoms with Crippen LogP contribution in [0.15, 0.2) is 42.5 Å². The lowest BCUT2D eigenvalue weighted by molar-refractivity contribution is 0.0302. The van der Waals surface area contributed by atoms with Gasteiger partial charge in [-0.3, -0.25) is 9.59 Å².